The highest BCUT2D eigenvalue weighted by Crippen LogP contribution is 2.17. The van der Waals surface area contributed by atoms with Gasteiger partial charge in [-0.15, -0.1) is 0 Å². The second-order valence-electron chi connectivity index (χ2n) is 4.85. The standard InChI is InChI=1S/C14H19N3O2/c15-14(19)10-4-3-7-12(8-10)16-9-13(18)17-11-5-1-2-6-11/h3-4,7-8,11,16H,1-2,5-6,9H2,(H2,15,19)(H,17,18). The van der Waals surface area contributed by atoms with Crippen LogP contribution in [0, 0.1) is 0 Å². The zero-order chi connectivity index (χ0) is 13.7. The number of primary amides is 1. The van der Waals surface area contributed by atoms with Crippen molar-refractivity contribution in [3.05, 3.63) is 29.8 Å². The van der Waals surface area contributed by atoms with E-state index >= 15 is 0 Å². The van der Waals surface area contributed by atoms with E-state index in [1.54, 1.807) is 24.3 Å². The van der Waals surface area contributed by atoms with Gasteiger partial charge < -0.3 is 16.4 Å². The lowest BCUT2D eigenvalue weighted by atomic mass is 10.2. The Hall–Kier alpha value is -2.04. The summed E-state index contributed by atoms with van der Waals surface area (Å²) >= 11 is 0. The average molecular weight is 261 g/mol. The molecule has 2 amide bonds. The van der Waals surface area contributed by atoms with E-state index in [9.17, 15) is 9.59 Å². The highest BCUT2D eigenvalue weighted by molar-refractivity contribution is 5.93. The Labute approximate surface area is 112 Å². The summed E-state index contributed by atoms with van der Waals surface area (Å²) in [6.45, 7) is 0.207. The topological polar surface area (TPSA) is 84.2 Å². The Bertz CT molecular complexity index is 468. The van der Waals surface area contributed by atoms with E-state index in [0.717, 1.165) is 18.5 Å². The molecule has 0 heterocycles. The van der Waals surface area contributed by atoms with Gasteiger partial charge in [-0.3, -0.25) is 9.59 Å². The molecule has 0 radical (unpaired) electrons. The summed E-state index contributed by atoms with van der Waals surface area (Å²) in [5, 5.41) is 5.99. The van der Waals surface area contributed by atoms with Crippen molar-refractivity contribution < 1.29 is 9.59 Å². The Balaban J connectivity index is 1.82. The fourth-order valence-corrected chi connectivity index (χ4v) is 2.31. The zero-order valence-corrected chi connectivity index (χ0v) is 10.8. The molecule has 0 unspecified atom stereocenters. The van der Waals surface area contributed by atoms with E-state index in [4.69, 9.17) is 5.73 Å². The van der Waals surface area contributed by atoms with Crippen molar-refractivity contribution in [1.29, 1.82) is 0 Å². The number of benzene rings is 1. The minimum absolute atomic E-state index is 0.0172. The van der Waals surface area contributed by atoms with Gasteiger partial charge in [0, 0.05) is 17.3 Å². The molecule has 19 heavy (non-hydrogen) atoms. The lowest BCUT2D eigenvalue weighted by molar-refractivity contribution is -0.120. The average Bonchev–Trinajstić information content (AvgIpc) is 2.89. The van der Waals surface area contributed by atoms with Crippen LogP contribution >= 0.6 is 0 Å². The molecule has 1 aromatic rings. The molecular formula is C14H19N3O2. The number of carbonyl (C=O) groups excluding carboxylic acids is 2. The Kier molecular flexibility index (Phi) is 4.39. The first-order valence-electron chi connectivity index (χ1n) is 6.58. The number of nitrogens with two attached hydrogens (primary N) is 1. The molecule has 0 saturated heterocycles. The van der Waals surface area contributed by atoms with Crippen molar-refractivity contribution >= 4 is 17.5 Å². The van der Waals surface area contributed by atoms with Crippen LogP contribution in [0.2, 0.25) is 0 Å². The number of hydrogen-bond acceptors (Lipinski definition) is 3. The molecule has 102 valence electrons. The van der Waals surface area contributed by atoms with Gasteiger partial charge in [0.15, 0.2) is 0 Å². The van der Waals surface area contributed by atoms with Crippen molar-refractivity contribution in [2.75, 3.05) is 11.9 Å². The van der Waals surface area contributed by atoms with Crippen molar-refractivity contribution in [3.63, 3.8) is 0 Å². The van der Waals surface area contributed by atoms with Crippen LogP contribution in [0.4, 0.5) is 5.69 Å². The molecule has 0 bridgehead atoms. The molecule has 0 aliphatic heterocycles. The molecule has 1 fully saturated rings. The summed E-state index contributed by atoms with van der Waals surface area (Å²) in [7, 11) is 0. The van der Waals surface area contributed by atoms with Crippen LogP contribution < -0.4 is 16.4 Å². The SMILES string of the molecule is NC(=O)c1cccc(NCC(=O)NC2CCCC2)c1. The lowest BCUT2D eigenvalue weighted by Crippen LogP contribution is -2.36. The smallest absolute Gasteiger partial charge is 0.248 e. The van der Waals surface area contributed by atoms with Gasteiger partial charge in [0.2, 0.25) is 11.8 Å². The monoisotopic (exact) mass is 261 g/mol. The molecule has 5 heteroatoms. The molecule has 0 aromatic heterocycles. The largest absolute Gasteiger partial charge is 0.376 e. The van der Waals surface area contributed by atoms with E-state index in [0.29, 0.717) is 11.6 Å². The first-order valence-corrected chi connectivity index (χ1v) is 6.58. The maximum atomic E-state index is 11.7. The Morgan fingerprint density at radius 1 is 1.26 bits per heavy atom. The third-order valence-corrected chi connectivity index (χ3v) is 3.32. The Morgan fingerprint density at radius 3 is 2.68 bits per heavy atom. The highest BCUT2D eigenvalue weighted by atomic mass is 16.2. The third-order valence-electron chi connectivity index (χ3n) is 3.32. The first kappa shape index (κ1) is 13.4. The maximum absolute atomic E-state index is 11.7. The fraction of sp³-hybridized carbons (Fsp3) is 0.429. The third kappa shape index (κ3) is 3.98. The van der Waals surface area contributed by atoms with Gasteiger partial charge in [0.05, 0.1) is 6.54 Å². The zero-order valence-electron chi connectivity index (χ0n) is 10.8. The van der Waals surface area contributed by atoms with E-state index in [1.807, 2.05) is 0 Å². The van der Waals surface area contributed by atoms with Crippen LogP contribution in [-0.4, -0.2) is 24.4 Å². The molecular weight excluding hydrogens is 242 g/mol. The van der Waals surface area contributed by atoms with Crippen LogP contribution in [-0.2, 0) is 4.79 Å². The summed E-state index contributed by atoms with van der Waals surface area (Å²) in [6, 6.07) is 7.15. The predicted octanol–water partition coefficient (Wildman–Crippen LogP) is 1.26. The van der Waals surface area contributed by atoms with Crippen molar-refractivity contribution in [3.8, 4) is 0 Å². The summed E-state index contributed by atoms with van der Waals surface area (Å²) in [5.74, 6) is -0.490. The molecule has 1 aliphatic carbocycles. The van der Waals surface area contributed by atoms with Crippen molar-refractivity contribution in [2.24, 2.45) is 5.73 Å². The molecule has 2 rings (SSSR count). The summed E-state index contributed by atoms with van der Waals surface area (Å²) < 4.78 is 0. The molecule has 1 aliphatic rings. The highest BCUT2D eigenvalue weighted by Gasteiger charge is 2.16. The van der Waals surface area contributed by atoms with E-state index in [2.05, 4.69) is 10.6 Å². The second-order valence-corrected chi connectivity index (χ2v) is 4.85. The first-order chi connectivity index (χ1) is 9.15. The minimum Gasteiger partial charge on any atom is -0.376 e. The van der Waals surface area contributed by atoms with Crippen LogP contribution in [0.1, 0.15) is 36.0 Å². The number of rotatable bonds is 5. The second kappa shape index (κ2) is 6.22. The number of carbonyl (C=O) groups is 2. The van der Waals surface area contributed by atoms with E-state index in [1.165, 1.54) is 12.8 Å². The van der Waals surface area contributed by atoms with Gasteiger partial charge >= 0.3 is 0 Å². The minimum atomic E-state index is -0.473. The normalized spacial score (nSPS) is 15.2. The van der Waals surface area contributed by atoms with Gasteiger partial charge in [0.1, 0.15) is 0 Å². The van der Waals surface area contributed by atoms with Crippen LogP contribution in [0.25, 0.3) is 0 Å². The maximum Gasteiger partial charge on any atom is 0.248 e. The summed E-state index contributed by atoms with van der Waals surface area (Å²) in [4.78, 5) is 22.8. The van der Waals surface area contributed by atoms with Crippen LogP contribution in [0.15, 0.2) is 24.3 Å². The van der Waals surface area contributed by atoms with E-state index in [-0.39, 0.29) is 12.5 Å². The van der Waals surface area contributed by atoms with Gasteiger partial charge in [-0.05, 0) is 31.0 Å². The number of amides is 2. The van der Waals surface area contributed by atoms with E-state index < -0.39 is 5.91 Å². The molecule has 0 spiro atoms. The quantitative estimate of drug-likeness (QED) is 0.746. The van der Waals surface area contributed by atoms with Gasteiger partial charge in [0.25, 0.3) is 0 Å². The van der Waals surface area contributed by atoms with Crippen molar-refractivity contribution in [2.45, 2.75) is 31.7 Å². The molecule has 1 aromatic carbocycles. The summed E-state index contributed by atoms with van der Waals surface area (Å²) in [5.41, 5.74) is 6.35. The van der Waals surface area contributed by atoms with Gasteiger partial charge in [-0.2, -0.15) is 0 Å². The predicted molar refractivity (Wildman–Crippen MR) is 73.8 cm³/mol. The van der Waals surface area contributed by atoms with Gasteiger partial charge in [-0.1, -0.05) is 18.9 Å². The molecule has 1 saturated carbocycles. The van der Waals surface area contributed by atoms with Crippen molar-refractivity contribution in [1.82, 2.24) is 5.32 Å². The number of hydrogen-bond donors (Lipinski definition) is 3. The molecule has 0 atom stereocenters. The summed E-state index contributed by atoms with van der Waals surface area (Å²) in [6.07, 6.45) is 4.53. The number of anilines is 1. The molecule has 4 N–H and O–H groups in total. The van der Waals surface area contributed by atoms with Crippen LogP contribution in [0.5, 0.6) is 0 Å². The van der Waals surface area contributed by atoms with Crippen LogP contribution in [0.3, 0.4) is 0 Å². The Morgan fingerprint density at radius 2 is 2.00 bits per heavy atom. The lowest BCUT2D eigenvalue weighted by Gasteiger charge is -2.13. The van der Waals surface area contributed by atoms with Gasteiger partial charge in [-0.25, -0.2) is 0 Å². The number of nitrogens with one attached hydrogen (secondary N) is 2. The fourth-order valence-electron chi connectivity index (χ4n) is 2.31. The molecule has 5 nitrogen and oxygen atoms in total.